The highest BCUT2D eigenvalue weighted by Gasteiger charge is 2.14. The molecule has 0 aliphatic heterocycles. The summed E-state index contributed by atoms with van der Waals surface area (Å²) in [5.74, 6) is 1.18. The summed E-state index contributed by atoms with van der Waals surface area (Å²) in [4.78, 5) is 9.70. The van der Waals surface area contributed by atoms with E-state index in [9.17, 15) is 0 Å². The molecule has 2 heterocycles. The van der Waals surface area contributed by atoms with Crippen LogP contribution in [0.1, 0.15) is 17.0 Å². The maximum absolute atomic E-state index is 6.90. The molecule has 7 heteroatoms. The number of ether oxygens (including phenoxy) is 1. The highest BCUT2D eigenvalue weighted by Crippen LogP contribution is 2.28. The number of benzene rings is 1. The number of hydrogen-bond acceptors (Lipinski definition) is 6. The molecule has 3 aromatic rings. The van der Waals surface area contributed by atoms with Gasteiger partial charge in [-0.25, -0.2) is 4.98 Å². The van der Waals surface area contributed by atoms with Crippen LogP contribution < -0.4 is 15.3 Å². The van der Waals surface area contributed by atoms with Gasteiger partial charge < -0.3 is 19.7 Å². The van der Waals surface area contributed by atoms with Gasteiger partial charge in [0, 0.05) is 22.7 Å². The summed E-state index contributed by atoms with van der Waals surface area (Å²) in [7, 11) is 1.64. The molecule has 0 spiro atoms. The minimum Gasteiger partial charge on any atom is -0.493 e. The molecule has 0 fully saturated rings. The number of fused-ring (bicyclic) bond motifs is 1. The van der Waals surface area contributed by atoms with Gasteiger partial charge in [0.25, 0.3) is 0 Å². The van der Waals surface area contributed by atoms with Crippen molar-refractivity contribution in [3.63, 3.8) is 0 Å². The third-order valence-electron chi connectivity index (χ3n) is 4.07. The fraction of sp³-hybridized carbons (Fsp3) is 0.235. The smallest absolute Gasteiger partial charge is 0.185 e. The maximum Gasteiger partial charge on any atom is 0.185 e. The molecule has 0 aliphatic rings. The number of aromatic nitrogens is 2. The van der Waals surface area contributed by atoms with Crippen LogP contribution in [0.25, 0.3) is 5.65 Å². The van der Waals surface area contributed by atoms with Crippen LogP contribution in [0, 0.1) is 12.5 Å². The van der Waals surface area contributed by atoms with Crippen LogP contribution in [0.5, 0.6) is 11.5 Å². The number of imidazole rings is 1. The van der Waals surface area contributed by atoms with Crippen LogP contribution >= 0.6 is 0 Å². The third kappa shape index (κ3) is 2.76. The number of nitrogen functional groups attached to an aromatic ring is 1. The first-order valence-corrected chi connectivity index (χ1v) is 7.57. The minimum atomic E-state index is 0.437. The second-order valence-corrected chi connectivity index (χ2v) is 5.43. The molecule has 0 aliphatic carbocycles. The number of aryl methyl sites for hydroxylation is 3. The average Bonchev–Trinajstić information content (AvgIpc) is 2.92. The zero-order valence-electron chi connectivity index (χ0n) is 13.6. The van der Waals surface area contributed by atoms with Gasteiger partial charge in [0.05, 0.1) is 18.5 Å². The SMILES string of the molecule is COc1cccn2c(C)c(CCc3cccc(N)c3ON=N)nc12. The molecular formula is C17H19N5O2. The Morgan fingerprint density at radius 1 is 1.25 bits per heavy atom. The van der Waals surface area contributed by atoms with Crippen molar-refractivity contribution in [1.29, 1.82) is 5.53 Å². The molecule has 3 N–H and O–H groups in total. The molecule has 0 amide bonds. The van der Waals surface area contributed by atoms with E-state index in [0.717, 1.165) is 28.3 Å². The Balaban J connectivity index is 1.90. The molecule has 1 aromatic carbocycles. The molecule has 0 bridgehead atoms. The Kier molecular flexibility index (Phi) is 4.33. The van der Waals surface area contributed by atoms with E-state index in [1.165, 1.54) is 0 Å². The summed E-state index contributed by atoms with van der Waals surface area (Å²) in [6, 6.07) is 9.34. The number of nitrogens with two attached hydrogens (primary N) is 1. The molecule has 0 atom stereocenters. The van der Waals surface area contributed by atoms with E-state index >= 15 is 0 Å². The Bertz CT molecular complexity index is 888. The quantitative estimate of drug-likeness (QED) is 0.412. The van der Waals surface area contributed by atoms with Gasteiger partial charge in [-0.05, 0) is 38.0 Å². The maximum atomic E-state index is 6.90. The highest BCUT2D eigenvalue weighted by molar-refractivity contribution is 5.58. The van der Waals surface area contributed by atoms with E-state index in [4.69, 9.17) is 25.8 Å². The molecular weight excluding hydrogens is 306 g/mol. The molecule has 3 rings (SSSR count). The van der Waals surface area contributed by atoms with E-state index < -0.39 is 0 Å². The van der Waals surface area contributed by atoms with Crippen LogP contribution in [0.4, 0.5) is 5.69 Å². The lowest BCUT2D eigenvalue weighted by atomic mass is 10.1. The lowest BCUT2D eigenvalue weighted by Crippen LogP contribution is -2.00. The summed E-state index contributed by atoms with van der Waals surface area (Å²) in [6.45, 7) is 2.03. The van der Waals surface area contributed by atoms with E-state index in [-0.39, 0.29) is 0 Å². The topological polar surface area (TPSA) is 98.0 Å². The average molecular weight is 325 g/mol. The summed E-state index contributed by atoms with van der Waals surface area (Å²) in [6.07, 6.45) is 3.37. The number of para-hydroxylation sites is 1. The predicted molar refractivity (Wildman–Crippen MR) is 90.5 cm³/mol. The van der Waals surface area contributed by atoms with Crippen molar-refractivity contribution in [3.8, 4) is 11.5 Å². The van der Waals surface area contributed by atoms with E-state index in [0.29, 0.717) is 24.3 Å². The fourth-order valence-electron chi connectivity index (χ4n) is 2.82. The van der Waals surface area contributed by atoms with Gasteiger partial charge in [-0.15, -0.1) is 0 Å². The molecule has 0 saturated carbocycles. The zero-order valence-corrected chi connectivity index (χ0v) is 13.6. The summed E-state index contributed by atoms with van der Waals surface area (Å²) in [5, 5.41) is 2.99. The molecule has 0 radical (unpaired) electrons. The third-order valence-corrected chi connectivity index (χ3v) is 4.07. The number of nitrogens with one attached hydrogen (secondary N) is 1. The number of hydrogen-bond donors (Lipinski definition) is 2. The first-order chi connectivity index (χ1) is 11.7. The van der Waals surface area contributed by atoms with Gasteiger partial charge in [0.2, 0.25) is 0 Å². The lowest BCUT2D eigenvalue weighted by molar-refractivity contribution is 0.297. The lowest BCUT2D eigenvalue weighted by Gasteiger charge is -2.08. The van der Waals surface area contributed by atoms with Crippen LogP contribution in [-0.4, -0.2) is 16.5 Å². The molecule has 24 heavy (non-hydrogen) atoms. The first-order valence-electron chi connectivity index (χ1n) is 7.57. The van der Waals surface area contributed by atoms with Crippen molar-refractivity contribution >= 4 is 11.3 Å². The van der Waals surface area contributed by atoms with E-state index in [1.54, 1.807) is 13.2 Å². The highest BCUT2D eigenvalue weighted by atomic mass is 16.6. The van der Waals surface area contributed by atoms with Crippen LogP contribution in [0.2, 0.25) is 0 Å². The first kappa shape index (κ1) is 15.8. The molecule has 0 unspecified atom stereocenters. The summed E-state index contributed by atoms with van der Waals surface area (Å²) in [5.41, 5.74) is 17.0. The second kappa shape index (κ2) is 6.57. The van der Waals surface area contributed by atoms with Crippen molar-refractivity contribution < 1.29 is 9.57 Å². The second-order valence-electron chi connectivity index (χ2n) is 5.43. The van der Waals surface area contributed by atoms with Gasteiger partial charge in [-0.2, -0.15) is 5.53 Å². The fourth-order valence-corrected chi connectivity index (χ4v) is 2.82. The Morgan fingerprint density at radius 2 is 2.08 bits per heavy atom. The van der Waals surface area contributed by atoms with Crippen molar-refractivity contribution in [2.75, 3.05) is 12.8 Å². The van der Waals surface area contributed by atoms with E-state index in [2.05, 4.69) is 5.28 Å². The number of anilines is 1. The van der Waals surface area contributed by atoms with Gasteiger partial charge in [-0.3, -0.25) is 0 Å². The number of nitrogens with zero attached hydrogens (tertiary/aromatic N) is 3. The monoisotopic (exact) mass is 325 g/mol. The normalized spacial score (nSPS) is 10.8. The Morgan fingerprint density at radius 3 is 2.83 bits per heavy atom. The predicted octanol–water partition coefficient (Wildman–Crippen LogP) is 3.34. The minimum absolute atomic E-state index is 0.437. The zero-order chi connectivity index (χ0) is 17.1. The van der Waals surface area contributed by atoms with Crippen LogP contribution in [0.15, 0.2) is 41.8 Å². The number of rotatable bonds is 6. The van der Waals surface area contributed by atoms with Crippen molar-refractivity contribution in [2.24, 2.45) is 5.28 Å². The molecule has 0 saturated heterocycles. The van der Waals surface area contributed by atoms with Crippen molar-refractivity contribution in [1.82, 2.24) is 9.38 Å². The van der Waals surface area contributed by atoms with Gasteiger partial charge in [0.15, 0.2) is 17.1 Å². The van der Waals surface area contributed by atoms with Gasteiger partial charge in [-0.1, -0.05) is 12.1 Å². The molecule has 2 aromatic heterocycles. The standard InChI is InChI=1S/C17H19N5O2/c1-11-14(20-17-15(23-2)7-4-10-22(11)17)9-8-12-5-3-6-13(18)16(12)24-21-19/h3-7,10,19H,8-9,18H2,1-2H3. The number of methoxy groups -OCH3 is 1. The summed E-state index contributed by atoms with van der Waals surface area (Å²) >= 11 is 0. The number of pyridine rings is 1. The van der Waals surface area contributed by atoms with Crippen molar-refractivity contribution in [2.45, 2.75) is 19.8 Å². The summed E-state index contributed by atoms with van der Waals surface area (Å²) < 4.78 is 7.39. The Hall–Kier alpha value is -3.09. The van der Waals surface area contributed by atoms with Gasteiger partial charge in [0.1, 0.15) is 0 Å². The van der Waals surface area contributed by atoms with Gasteiger partial charge >= 0.3 is 0 Å². The largest absolute Gasteiger partial charge is 0.493 e. The van der Waals surface area contributed by atoms with E-state index in [1.807, 2.05) is 41.8 Å². The Labute approximate surface area is 139 Å². The van der Waals surface area contributed by atoms with Crippen molar-refractivity contribution in [3.05, 3.63) is 53.5 Å². The molecule has 7 nitrogen and oxygen atoms in total. The van der Waals surface area contributed by atoms with Crippen LogP contribution in [-0.2, 0) is 12.8 Å². The molecule has 124 valence electrons. The van der Waals surface area contributed by atoms with Crippen LogP contribution in [0.3, 0.4) is 0 Å².